The molecule has 0 saturated heterocycles. The Morgan fingerprint density at radius 3 is 3.06 bits per heavy atom. The van der Waals surface area contributed by atoms with Gasteiger partial charge in [-0.2, -0.15) is 0 Å². The highest BCUT2D eigenvalue weighted by molar-refractivity contribution is 7.07. The number of nitrogens with two attached hydrogens (primary N) is 1. The van der Waals surface area contributed by atoms with Gasteiger partial charge < -0.3 is 5.73 Å². The van der Waals surface area contributed by atoms with Gasteiger partial charge in [0, 0.05) is 11.4 Å². The molecule has 0 spiro atoms. The van der Waals surface area contributed by atoms with Gasteiger partial charge in [0.05, 0.1) is 17.2 Å². The van der Waals surface area contributed by atoms with Crippen LogP contribution in [0.15, 0.2) is 10.9 Å². The van der Waals surface area contributed by atoms with E-state index in [-0.39, 0.29) is 0 Å². The van der Waals surface area contributed by atoms with Crippen LogP contribution in [-0.4, -0.2) is 29.5 Å². The SMILES string of the molecule is CC(c1cscn1)N(C)C1CCCC1CN. The summed E-state index contributed by atoms with van der Waals surface area (Å²) in [5, 5.41) is 2.15. The highest BCUT2D eigenvalue weighted by atomic mass is 32.1. The summed E-state index contributed by atoms with van der Waals surface area (Å²) in [7, 11) is 2.21. The molecule has 1 saturated carbocycles. The molecule has 0 aromatic carbocycles. The van der Waals surface area contributed by atoms with Crippen molar-refractivity contribution in [2.24, 2.45) is 11.7 Å². The molecule has 0 amide bonds. The largest absolute Gasteiger partial charge is 0.330 e. The molecule has 1 aromatic heterocycles. The Balaban J connectivity index is 2.04. The number of hydrogen-bond donors (Lipinski definition) is 1. The predicted molar refractivity (Wildman–Crippen MR) is 68.5 cm³/mol. The Bertz CT molecular complexity index is 312. The summed E-state index contributed by atoms with van der Waals surface area (Å²) in [6.07, 6.45) is 3.89. The molecule has 0 aliphatic heterocycles. The van der Waals surface area contributed by atoms with Crippen molar-refractivity contribution in [2.75, 3.05) is 13.6 Å². The molecule has 1 heterocycles. The highest BCUT2D eigenvalue weighted by Crippen LogP contribution is 2.33. The van der Waals surface area contributed by atoms with E-state index in [1.807, 2.05) is 5.51 Å². The molecule has 90 valence electrons. The van der Waals surface area contributed by atoms with Gasteiger partial charge in [0.1, 0.15) is 0 Å². The molecular formula is C12H21N3S. The van der Waals surface area contributed by atoms with Crippen LogP contribution in [0.25, 0.3) is 0 Å². The average molecular weight is 239 g/mol. The van der Waals surface area contributed by atoms with E-state index in [0.29, 0.717) is 18.0 Å². The molecular weight excluding hydrogens is 218 g/mol. The molecule has 0 radical (unpaired) electrons. The van der Waals surface area contributed by atoms with Crippen molar-refractivity contribution < 1.29 is 0 Å². The Morgan fingerprint density at radius 2 is 2.44 bits per heavy atom. The van der Waals surface area contributed by atoms with Crippen LogP contribution in [0.3, 0.4) is 0 Å². The molecule has 3 atom stereocenters. The van der Waals surface area contributed by atoms with Crippen molar-refractivity contribution in [1.29, 1.82) is 0 Å². The molecule has 2 N–H and O–H groups in total. The number of thiazole rings is 1. The van der Waals surface area contributed by atoms with E-state index in [9.17, 15) is 0 Å². The van der Waals surface area contributed by atoms with Gasteiger partial charge in [0.2, 0.25) is 0 Å². The Kier molecular flexibility index (Phi) is 3.95. The van der Waals surface area contributed by atoms with Crippen molar-refractivity contribution in [3.05, 3.63) is 16.6 Å². The van der Waals surface area contributed by atoms with Gasteiger partial charge in [-0.3, -0.25) is 4.90 Å². The fourth-order valence-electron chi connectivity index (χ4n) is 2.75. The fraction of sp³-hybridized carbons (Fsp3) is 0.750. The second-order valence-corrected chi connectivity index (χ2v) is 5.47. The average Bonchev–Trinajstić information content (AvgIpc) is 2.97. The van der Waals surface area contributed by atoms with Crippen molar-refractivity contribution in [3.8, 4) is 0 Å². The lowest BCUT2D eigenvalue weighted by molar-refractivity contribution is 0.150. The second-order valence-electron chi connectivity index (χ2n) is 4.75. The van der Waals surface area contributed by atoms with Crippen molar-refractivity contribution in [2.45, 2.75) is 38.3 Å². The predicted octanol–water partition coefficient (Wildman–Crippen LogP) is 2.26. The van der Waals surface area contributed by atoms with E-state index >= 15 is 0 Å². The summed E-state index contributed by atoms with van der Waals surface area (Å²) in [6, 6.07) is 1.05. The third kappa shape index (κ3) is 2.29. The molecule has 1 aliphatic carbocycles. The first kappa shape index (κ1) is 12.0. The van der Waals surface area contributed by atoms with Crippen LogP contribution in [0.1, 0.15) is 37.9 Å². The van der Waals surface area contributed by atoms with E-state index in [1.165, 1.54) is 25.0 Å². The lowest BCUT2D eigenvalue weighted by Crippen LogP contribution is -2.39. The highest BCUT2D eigenvalue weighted by Gasteiger charge is 2.32. The van der Waals surface area contributed by atoms with E-state index in [0.717, 1.165) is 6.54 Å². The van der Waals surface area contributed by atoms with Crippen LogP contribution in [0.5, 0.6) is 0 Å². The van der Waals surface area contributed by atoms with Gasteiger partial charge in [0.15, 0.2) is 0 Å². The summed E-state index contributed by atoms with van der Waals surface area (Å²) >= 11 is 1.67. The molecule has 4 heteroatoms. The summed E-state index contributed by atoms with van der Waals surface area (Å²) in [4.78, 5) is 6.86. The maximum absolute atomic E-state index is 5.84. The molecule has 3 unspecified atom stereocenters. The van der Waals surface area contributed by atoms with Gasteiger partial charge in [0.25, 0.3) is 0 Å². The first-order valence-corrected chi connectivity index (χ1v) is 6.98. The van der Waals surface area contributed by atoms with Crippen LogP contribution in [0, 0.1) is 5.92 Å². The Hall–Kier alpha value is -0.450. The zero-order valence-electron chi connectivity index (χ0n) is 10.1. The fourth-order valence-corrected chi connectivity index (χ4v) is 3.39. The summed E-state index contributed by atoms with van der Waals surface area (Å²) in [5.74, 6) is 0.672. The first-order chi connectivity index (χ1) is 7.74. The molecule has 2 rings (SSSR count). The third-order valence-corrected chi connectivity index (χ3v) is 4.54. The molecule has 1 aliphatic rings. The van der Waals surface area contributed by atoms with E-state index in [2.05, 4.69) is 29.2 Å². The zero-order valence-corrected chi connectivity index (χ0v) is 10.9. The van der Waals surface area contributed by atoms with Gasteiger partial charge in [-0.15, -0.1) is 11.3 Å². The summed E-state index contributed by atoms with van der Waals surface area (Å²) < 4.78 is 0. The molecule has 16 heavy (non-hydrogen) atoms. The smallest absolute Gasteiger partial charge is 0.0795 e. The minimum atomic E-state index is 0.406. The van der Waals surface area contributed by atoms with E-state index in [1.54, 1.807) is 11.3 Å². The van der Waals surface area contributed by atoms with Crippen LogP contribution in [0.4, 0.5) is 0 Å². The van der Waals surface area contributed by atoms with E-state index < -0.39 is 0 Å². The number of nitrogens with zero attached hydrogens (tertiary/aromatic N) is 2. The number of hydrogen-bond acceptors (Lipinski definition) is 4. The second kappa shape index (κ2) is 5.25. The zero-order chi connectivity index (χ0) is 11.5. The van der Waals surface area contributed by atoms with Gasteiger partial charge >= 0.3 is 0 Å². The van der Waals surface area contributed by atoms with Crippen molar-refractivity contribution in [1.82, 2.24) is 9.88 Å². The first-order valence-electron chi connectivity index (χ1n) is 6.04. The van der Waals surface area contributed by atoms with Crippen LogP contribution < -0.4 is 5.73 Å². The molecule has 0 bridgehead atoms. The maximum Gasteiger partial charge on any atom is 0.0795 e. The molecule has 1 aromatic rings. The third-order valence-electron chi connectivity index (χ3n) is 3.94. The quantitative estimate of drug-likeness (QED) is 0.876. The summed E-state index contributed by atoms with van der Waals surface area (Å²) in [5.41, 5.74) is 8.94. The minimum Gasteiger partial charge on any atom is -0.330 e. The van der Waals surface area contributed by atoms with Crippen LogP contribution in [0.2, 0.25) is 0 Å². The van der Waals surface area contributed by atoms with E-state index in [4.69, 9.17) is 5.73 Å². The lowest BCUT2D eigenvalue weighted by atomic mass is 10.0. The normalized spacial score (nSPS) is 27.5. The van der Waals surface area contributed by atoms with Gasteiger partial charge in [-0.25, -0.2) is 4.98 Å². The topological polar surface area (TPSA) is 42.2 Å². The lowest BCUT2D eigenvalue weighted by Gasteiger charge is -2.33. The minimum absolute atomic E-state index is 0.406. The number of aromatic nitrogens is 1. The molecule has 1 fully saturated rings. The molecule has 3 nitrogen and oxygen atoms in total. The Morgan fingerprint density at radius 1 is 1.62 bits per heavy atom. The summed E-state index contributed by atoms with van der Waals surface area (Å²) in [6.45, 7) is 3.06. The van der Waals surface area contributed by atoms with Crippen LogP contribution in [-0.2, 0) is 0 Å². The van der Waals surface area contributed by atoms with Gasteiger partial charge in [-0.1, -0.05) is 6.42 Å². The van der Waals surface area contributed by atoms with Crippen LogP contribution >= 0.6 is 11.3 Å². The van der Waals surface area contributed by atoms with Gasteiger partial charge in [-0.05, 0) is 39.3 Å². The van der Waals surface area contributed by atoms with Crippen molar-refractivity contribution in [3.63, 3.8) is 0 Å². The van der Waals surface area contributed by atoms with Crippen molar-refractivity contribution >= 4 is 11.3 Å². The number of rotatable bonds is 4. The monoisotopic (exact) mass is 239 g/mol. The maximum atomic E-state index is 5.84. The standard InChI is InChI=1S/C12H21N3S/c1-9(11-7-16-8-14-11)15(2)12-5-3-4-10(12)6-13/h7-10,12H,3-6,13H2,1-2H3. The Labute approximate surface area is 102 Å².